The van der Waals surface area contributed by atoms with Crippen LogP contribution in [0.4, 0.5) is 10.1 Å². The van der Waals surface area contributed by atoms with Gasteiger partial charge in [0.1, 0.15) is 11.6 Å². The molecule has 0 aliphatic rings. The van der Waals surface area contributed by atoms with E-state index < -0.39 is 11.1 Å². The van der Waals surface area contributed by atoms with Gasteiger partial charge in [0.2, 0.25) is 11.1 Å². The normalized spacial score (nSPS) is 11.9. The molecule has 0 unspecified atom stereocenters. The maximum absolute atomic E-state index is 13.1. The fraction of sp³-hybridized carbons (Fsp3) is 0.176. The standard InChI is InChI=1S/C17H15ClFN5O2S/c1-10(16(25)20-15-8-3-11(19)9-14(15)18)27-17-21-22-23-24(17)12-4-6-13(26-2)7-5-12/h3-10H,1-2H3,(H,20,25)/t10-/m1/s1. The second kappa shape index (κ2) is 8.36. The number of amides is 1. The number of aromatic nitrogens is 4. The van der Waals surface area contributed by atoms with Crippen LogP contribution in [0, 0.1) is 5.82 Å². The molecule has 1 N–H and O–H groups in total. The van der Waals surface area contributed by atoms with Crippen LogP contribution in [0.5, 0.6) is 5.75 Å². The van der Waals surface area contributed by atoms with Crippen LogP contribution in [0.3, 0.4) is 0 Å². The summed E-state index contributed by atoms with van der Waals surface area (Å²) < 4.78 is 19.8. The van der Waals surface area contributed by atoms with Crippen LogP contribution in [0.15, 0.2) is 47.6 Å². The molecular weight excluding hydrogens is 393 g/mol. The highest BCUT2D eigenvalue weighted by atomic mass is 35.5. The van der Waals surface area contributed by atoms with Gasteiger partial charge >= 0.3 is 0 Å². The number of thioether (sulfide) groups is 1. The summed E-state index contributed by atoms with van der Waals surface area (Å²) in [5.41, 5.74) is 1.07. The molecule has 1 amide bonds. The van der Waals surface area contributed by atoms with Gasteiger partial charge in [0, 0.05) is 0 Å². The quantitative estimate of drug-likeness (QED) is 0.629. The van der Waals surface area contributed by atoms with E-state index in [0.717, 1.165) is 11.8 Å². The molecule has 0 radical (unpaired) electrons. The van der Waals surface area contributed by atoms with Crippen molar-refractivity contribution in [2.45, 2.75) is 17.3 Å². The van der Waals surface area contributed by atoms with Crippen LogP contribution < -0.4 is 10.1 Å². The van der Waals surface area contributed by atoms with Gasteiger partial charge in [-0.1, -0.05) is 23.4 Å². The lowest BCUT2D eigenvalue weighted by molar-refractivity contribution is -0.115. The molecule has 0 aliphatic heterocycles. The fourth-order valence-electron chi connectivity index (χ4n) is 2.17. The number of hydrogen-bond acceptors (Lipinski definition) is 6. The van der Waals surface area contributed by atoms with Gasteiger partial charge in [0.05, 0.1) is 28.8 Å². The summed E-state index contributed by atoms with van der Waals surface area (Å²) in [5.74, 6) is -0.0678. The molecule has 140 valence electrons. The van der Waals surface area contributed by atoms with Gasteiger partial charge in [0.25, 0.3) is 0 Å². The zero-order valence-corrected chi connectivity index (χ0v) is 16.0. The van der Waals surface area contributed by atoms with Gasteiger partial charge < -0.3 is 10.1 Å². The third kappa shape index (κ3) is 4.55. The van der Waals surface area contributed by atoms with E-state index >= 15 is 0 Å². The maximum atomic E-state index is 13.1. The van der Waals surface area contributed by atoms with Crippen LogP contribution in [0.1, 0.15) is 6.92 Å². The van der Waals surface area contributed by atoms with Crippen molar-refractivity contribution in [2.75, 3.05) is 12.4 Å². The molecular formula is C17H15ClFN5O2S. The van der Waals surface area contributed by atoms with E-state index in [4.69, 9.17) is 16.3 Å². The van der Waals surface area contributed by atoms with Gasteiger partial charge in [-0.05, 0) is 59.8 Å². The highest BCUT2D eigenvalue weighted by Crippen LogP contribution is 2.27. The van der Waals surface area contributed by atoms with Crippen molar-refractivity contribution in [2.24, 2.45) is 0 Å². The molecule has 0 saturated heterocycles. The number of rotatable bonds is 6. The molecule has 0 aliphatic carbocycles. The van der Waals surface area contributed by atoms with E-state index in [2.05, 4.69) is 20.8 Å². The lowest BCUT2D eigenvalue weighted by Gasteiger charge is -2.12. The topological polar surface area (TPSA) is 81.9 Å². The Labute approximate surface area is 163 Å². The van der Waals surface area contributed by atoms with E-state index in [1.807, 2.05) is 12.1 Å². The molecule has 0 spiro atoms. The Balaban J connectivity index is 1.71. The molecule has 0 saturated carbocycles. The Bertz CT molecular complexity index is 951. The molecule has 27 heavy (non-hydrogen) atoms. The summed E-state index contributed by atoms with van der Waals surface area (Å²) in [6.45, 7) is 1.71. The predicted octanol–water partition coefficient (Wildman–Crippen LogP) is 3.58. The first-order valence-electron chi connectivity index (χ1n) is 7.83. The van der Waals surface area contributed by atoms with Crippen LogP contribution in [-0.2, 0) is 4.79 Å². The van der Waals surface area contributed by atoms with E-state index in [9.17, 15) is 9.18 Å². The molecule has 10 heteroatoms. The Morgan fingerprint density at radius 2 is 2.04 bits per heavy atom. The summed E-state index contributed by atoms with van der Waals surface area (Å²) in [6.07, 6.45) is 0. The van der Waals surface area contributed by atoms with Crippen LogP contribution in [0.25, 0.3) is 5.69 Å². The van der Waals surface area contributed by atoms with E-state index in [-0.39, 0.29) is 10.9 Å². The van der Waals surface area contributed by atoms with Gasteiger partial charge in [-0.15, -0.1) is 5.10 Å². The number of hydrogen-bond donors (Lipinski definition) is 1. The molecule has 0 fully saturated rings. The zero-order chi connectivity index (χ0) is 19.4. The van der Waals surface area contributed by atoms with Gasteiger partial charge in [-0.25, -0.2) is 4.39 Å². The molecule has 1 heterocycles. The van der Waals surface area contributed by atoms with Crippen molar-refractivity contribution in [3.8, 4) is 11.4 Å². The number of carbonyl (C=O) groups is 1. The number of halogens is 2. The van der Waals surface area contributed by atoms with E-state index in [1.165, 1.54) is 28.6 Å². The summed E-state index contributed by atoms with van der Waals surface area (Å²) in [7, 11) is 1.58. The minimum atomic E-state index is -0.519. The third-order valence-corrected chi connectivity index (χ3v) is 4.94. The molecule has 7 nitrogen and oxygen atoms in total. The van der Waals surface area contributed by atoms with E-state index in [0.29, 0.717) is 16.6 Å². The average Bonchev–Trinajstić information content (AvgIpc) is 3.12. The summed E-state index contributed by atoms with van der Waals surface area (Å²) >= 11 is 7.13. The number of ether oxygens (including phenoxy) is 1. The average molecular weight is 408 g/mol. The molecule has 2 aromatic carbocycles. The van der Waals surface area contributed by atoms with Crippen molar-refractivity contribution in [1.29, 1.82) is 0 Å². The smallest absolute Gasteiger partial charge is 0.237 e. The number of nitrogens with zero attached hydrogens (tertiary/aromatic N) is 4. The largest absolute Gasteiger partial charge is 0.497 e. The van der Waals surface area contributed by atoms with Crippen molar-refractivity contribution in [3.63, 3.8) is 0 Å². The number of anilines is 1. The first-order valence-corrected chi connectivity index (χ1v) is 9.09. The summed E-state index contributed by atoms with van der Waals surface area (Å²) in [6, 6.07) is 11.0. The Morgan fingerprint density at radius 1 is 1.30 bits per heavy atom. The molecule has 1 atom stereocenters. The molecule has 3 aromatic rings. The highest BCUT2D eigenvalue weighted by molar-refractivity contribution is 8.00. The van der Waals surface area contributed by atoms with Gasteiger partial charge in [-0.2, -0.15) is 4.68 Å². The number of tetrazole rings is 1. The molecule has 1 aromatic heterocycles. The predicted molar refractivity (Wildman–Crippen MR) is 101 cm³/mol. The van der Waals surface area contributed by atoms with Crippen LogP contribution >= 0.6 is 23.4 Å². The number of nitrogens with one attached hydrogen (secondary N) is 1. The van der Waals surface area contributed by atoms with Crippen molar-refractivity contribution in [1.82, 2.24) is 20.2 Å². The summed E-state index contributed by atoms with van der Waals surface area (Å²) in [5, 5.41) is 14.3. The fourth-order valence-corrected chi connectivity index (χ4v) is 3.20. The van der Waals surface area contributed by atoms with Crippen LogP contribution in [-0.4, -0.2) is 38.5 Å². The Hall–Kier alpha value is -2.65. The van der Waals surface area contributed by atoms with E-state index in [1.54, 1.807) is 26.2 Å². The number of methoxy groups -OCH3 is 1. The highest BCUT2D eigenvalue weighted by Gasteiger charge is 2.20. The second-order valence-electron chi connectivity index (χ2n) is 5.44. The summed E-state index contributed by atoms with van der Waals surface area (Å²) in [4.78, 5) is 12.4. The Kier molecular flexibility index (Phi) is 5.92. The minimum absolute atomic E-state index is 0.128. The molecule has 0 bridgehead atoms. The first kappa shape index (κ1) is 19.1. The molecule has 3 rings (SSSR count). The lowest BCUT2D eigenvalue weighted by atomic mass is 10.3. The van der Waals surface area contributed by atoms with Gasteiger partial charge in [0.15, 0.2) is 0 Å². The van der Waals surface area contributed by atoms with Crippen molar-refractivity contribution in [3.05, 3.63) is 53.3 Å². The van der Waals surface area contributed by atoms with Crippen molar-refractivity contribution >= 4 is 35.0 Å². The second-order valence-corrected chi connectivity index (χ2v) is 7.16. The van der Waals surface area contributed by atoms with Crippen LogP contribution in [0.2, 0.25) is 5.02 Å². The first-order chi connectivity index (χ1) is 13.0. The maximum Gasteiger partial charge on any atom is 0.237 e. The monoisotopic (exact) mass is 407 g/mol. The zero-order valence-electron chi connectivity index (χ0n) is 14.4. The van der Waals surface area contributed by atoms with Gasteiger partial charge in [-0.3, -0.25) is 4.79 Å². The van der Waals surface area contributed by atoms with Crippen molar-refractivity contribution < 1.29 is 13.9 Å². The SMILES string of the molecule is COc1ccc(-n2nnnc2S[C@H](C)C(=O)Nc2ccc(F)cc2Cl)cc1. The number of carbonyl (C=O) groups excluding carboxylic acids is 1. The minimum Gasteiger partial charge on any atom is -0.497 e. The number of benzene rings is 2. The lowest BCUT2D eigenvalue weighted by Crippen LogP contribution is -2.23. The third-order valence-electron chi connectivity index (χ3n) is 3.60. The Morgan fingerprint density at radius 3 is 2.70 bits per heavy atom.